The lowest BCUT2D eigenvalue weighted by atomic mass is 9.52. The van der Waals surface area contributed by atoms with Gasteiger partial charge < -0.3 is 20.4 Å². The predicted molar refractivity (Wildman–Crippen MR) is 148 cm³/mol. The van der Waals surface area contributed by atoms with E-state index in [0.717, 1.165) is 31.7 Å². The number of primary amides is 1. The van der Waals surface area contributed by atoms with Gasteiger partial charge in [0, 0.05) is 11.5 Å². The molecular formula is C31H35N3O8. The molecule has 4 aliphatic rings. The summed E-state index contributed by atoms with van der Waals surface area (Å²) in [5.74, 6) is -9.32. The second-order valence-electron chi connectivity index (χ2n) is 12.4. The third kappa shape index (κ3) is 4.17. The van der Waals surface area contributed by atoms with Gasteiger partial charge in [0.25, 0.3) is 0 Å². The molecular weight excluding hydrogens is 542 g/mol. The minimum Gasteiger partial charge on any atom is -0.507 e. The van der Waals surface area contributed by atoms with Crippen molar-refractivity contribution in [1.29, 1.82) is 0 Å². The molecule has 1 saturated heterocycles. The van der Waals surface area contributed by atoms with Crippen molar-refractivity contribution < 1.29 is 38.6 Å². The molecule has 1 amide bonds. The molecule has 2 aromatic rings. The highest BCUT2D eigenvalue weighted by atomic mass is 16.3. The molecule has 1 aromatic heterocycles. The van der Waals surface area contributed by atoms with Gasteiger partial charge in [0.05, 0.1) is 24.1 Å². The van der Waals surface area contributed by atoms with Gasteiger partial charge in [0.2, 0.25) is 5.91 Å². The predicted octanol–water partition coefficient (Wildman–Crippen LogP) is 1.11. The van der Waals surface area contributed by atoms with E-state index in [1.165, 1.54) is 17.4 Å². The van der Waals surface area contributed by atoms with Crippen LogP contribution in [0.5, 0.6) is 5.75 Å². The van der Waals surface area contributed by atoms with Crippen LogP contribution in [0.15, 0.2) is 28.7 Å². The summed E-state index contributed by atoms with van der Waals surface area (Å²) in [4.78, 5) is 70.5. The number of aliphatic hydroxyl groups is 1. The van der Waals surface area contributed by atoms with Crippen LogP contribution in [0.4, 0.5) is 0 Å². The number of piperidine rings is 1. The lowest BCUT2D eigenvalue weighted by Crippen LogP contribution is -2.74. The van der Waals surface area contributed by atoms with E-state index in [9.17, 15) is 34.2 Å². The topological polar surface area (TPSA) is 171 Å². The smallest absolute Gasteiger partial charge is 0.235 e. The Morgan fingerprint density at radius 2 is 1.79 bits per heavy atom. The Hall–Kier alpha value is -3.67. The van der Waals surface area contributed by atoms with Crippen molar-refractivity contribution in [3.63, 3.8) is 0 Å². The molecule has 6 atom stereocenters. The van der Waals surface area contributed by atoms with E-state index in [1.54, 1.807) is 20.2 Å². The number of Topliss-reactive ketones (excluding diaryl/α,β-unsaturated/α-hetero) is 4. The van der Waals surface area contributed by atoms with Crippen molar-refractivity contribution in [3.05, 3.63) is 41.2 Å². The number of amides is 1. The summed E-state index contributed by atoms with van der Waals surface area (Å²) >= 11 is 0. The number of phenolic OH excluding ortho intramolecular Hbond substituents is 1. The molecule has 42 heavy (non-hydrogen) atoms. The van der Waals surface area contributed by atoms with Crippen LogP contribution in [0.25, 0.3) is 11.3 Å². The number of rotatable bonds is 5. The molecule has 6 rings (SSSR count). The summed E-state index contributed by atoms with van der Waals surface area (Å²) in [7, 11) is 3.12. The zero-order valence-electron chi connectivity index (χ0n) is 23.7. The van der Waals surface area contributed by atoms with Crippen molar-refractivity contribution in [1.82, 2.24) is 9.80 Å². The number of likely N-dealkylation sites (tertiary alicyclic amines) is 1. The molecule has 2 unspecified atom stereocenters. The molecule has 0 radical (unpaired) electrons. The van der Waals surface area contributed by atoms with Crippen molar-refractivity contribution in [2.75, 3.05) is 27.2 Å². The van der Waals surface area contributed by atoms with Crippen LogP contribution in [-0.2, 0) is 32.1 Å². The van der Waals surface area contributed by atoms with E-state index in [4.69, 9.17) is 10.2 Å². The molecule has 4 N–H and O–H groups in total. The number of nitrogens with zero attached hydrogens (tertiary/aromatic N) is 2. The standard InChI is InChI=1S/C31H35N3O8/c1-33(2)25-19-13-15-12-18-17(21-9-6-16(42-21)14-34-10-4-3-5-11-34)7-8-20(35)23(18)26(36)22(15)28(38)31(19,41)29(39)24(27(25)37)30(32)40/h6-9,15,19,22,24-25,35,41H,3-5,10-14H2,1-2H3,(H2,32,40)/t15-,19-,22?,24?,25-,31-/m0/s1. The Kier molecular flexibility index (Phi) is 6.94. The number of furan rings is 1. The maximum Gasteiger partial charge on any atom is 0.235 e. The van der Waals surface area contributed by atoms with Crippen LogP contribution in [-0.4, -0.2) is 87.9 Å². The number of fused-ring (bicyclic) bond motifs is 3. The number of phenols is 1. The average molecular weight is 578 g/mol. The normalized spacial score (nSPS) is 31.6. The molecule has 3 fully saturated rings. The highest BCUT2D eigenvalue weighted by Crippen LogP contribution is 2.51. The van der Waals surface area contributed by atoms with E-state index in [-0.39, 0.29) is 24.2 Å². The quantitative estimate of drug-likeness (QED) is 0.437. The summed E-state index contributed by atoms with van der Waals surface area (Å²) in [6.07, 6.45) is 3.69. The highest BCUT2D eigenvalue weighted by Gasteiger charge is 2.69. The lowest BCUT2D eigenvalue weighted by molar-refractivity contribution is -0.181. The maximum absolute atomic E-state index is 14.0. The molecule has 2 heterocycles. The molecule has 3 aliphatic carbocycles. The maximum atomic E-state index is 14.0. The van der Waals surface area contributed by atoms with Gasteiger partial charge in [0.15, 0.2) is 34.7 Å². The summed E-state index contributed by atoms with van der Waals surface area (Å²) in [6, 6.07) is 5.65. The van der Waals surface area contributed by atoms with Gasteiger partial charge in [-0.15, -0.1) is 0 Å². The minimum absolute atomic E-state index is 0.00262. The average Bonchev–Trinajstić information content (AvgIpc) is 3.39. The van der Waals surface area contributed by atoms with Crippen LogP contribution in [0.1, 0.15) is 47.4 Å². The Bertz CT molecular complexity index is 1510. The fourth-order valence-electron chi connectivity index (χ4n) is 7.78. The number of nitrogens with two attached hydrogens (primary N) is 1. The van der Waals surface area contributed by atoms with Crippen LogP contribution in [0.2, 0.25) is 0 Å². The largest absolute Gasteiger partial charge is 0.507 e. The van der Waals surface area contributed by atoms with E-state index in [1.807, 2.05) is 12.1 Å². The lowest BCUT2D eigenvalue weighted by Gasteiger charge is -2.52. The Morgan fingerprint density at radius 3 is 2.45 bits per heavy atom. The first-order valence-electron chi connectivity index (χ1n) is 14.5. The molecule has 0 bridgehead atoms. The fraction of sp³-hybridized carbons (Fsp3) is 0.516. The number of hydrogen-bond acceptors (Lipinski definition) is 10. The molecule has 1 aliphatic heterocycles. The van der Waals surface area contributed by atoms with E-state index < -0.39 is 64.4 Å². The van der Waals surface area contributed by atoms with Crippen LogP contribution >= 0.6 is 0 Å². The van der Waals surface area contributed by atoms with Gasteiger partial charge in [-0.3, -0.25) is 33.8 Å². The van der Waals surface area contributed by atoms with Gasteiger partial charge in [0.1, 0.15) is 17.3 Å². The Morgan fingerprint density at radius 1 is 1.07 bits per heavy atom. The second kappa shape index (κ2) is 10.3. The van der Waals surface area contributed by atoms with Gasteiger partial charge in [-0.05, 0) is 88.6 Å². The molecule has 11 heteroatoms. The molecule has 222 valence electrons. The van der Waals surface area contributed by atoms with Crippen molar-refractivity contribution in [3.8, 4) is 17.1 Å². The summed E-state index contributed by atoms with van der Waals surface area (Å²) in [6.45, 7) is 2.67. The zero-order chi connectivity index (χ0) is 30.1. The van der Waals surface area contributed by atoms with Crippen molar-refractivity contribution in [2.45, 2.75) is 50.3 Å². The zero-order valence-corrected chi connectivity index (χ0v) is 23.7. The number of likely N-dealkylation sites (N-methyl/N-ethyl adjacent to an activating group) is 1. The third-order valence-corrected chi connectivity index (χ3v) is 9.70. The number of benzene rings is 1. The minimum atomic E-state index is -2.74. The number of carbonyl (C=O) groups is 5. The molecule has 11 nitrogen and oxygen atoms in total. The van der Waals surface area contributed by atoms with E-state index in [2.05, 4.69) is 4.90 Å². The second-order valence-corrected chi connectivity index (χ2v) is 12.4. The third-order valence-electron chi connectivity index (χ3n) is 9.70. The van der Waals surface area contributed by atoms with E-state index in [0.29, 0.717) is 23.4 Å². The fourth-order valence-corrected chi connectivity index (χ4v) is 7.78. The Labute approximate surface area is 242 Å². The van der Waals surface area contributed by atoms with Crippen LogP contribution in [0.3, 0.4) is 0 Å². The van der Waals surface area contributed by atoms with Crippen molar-refractivity contribution in [2.24, 2.45) is 29.4 Å². The molecule has 0 spiro atoms. The van der Waals surface area contributed by atoms with Gasteiger partial charge in [-0.1, -0.05) is 6.42 Å². The molecule has 2 saturated carbocycles. The summed E-state index contributed by atoms with van der Waals surface area (Å²) in [5.41, 5.74) is 3.71. The van der Waals surface area contributed by atoms with Crippen LogP contribution in [0, 0.1) is 23.7 Å². The first-order chi connectivity index (χ1) is 19.9. The van der Waals surface area contributed by atoms with Gasteiger partial charge in [-0.2, -0.15) is 0 Å². The van der Waals surface area contributed by atoms with Gasteiger partial charge in [-0.25, -0.2) is 0 Å². The van der Waals surface area contributed by atoms with Gasteiger partial charge >= 0.3 is 0 Å². The van der Waals surface area contributed by atoms with Crippen LogP contribution < -0.4 is 5.73 Å². The summed E-state index contributed by atoms with van der Waals surface area (Å²) in [5, 5.41) is 22.5. The number of ketones is 4. The van der Waals surface area contributed by atoms with E-state index >= 15 is 0 Å². The monoisotopic (exact) mass is 577 g/mol. The summed E-state index contributed by atoms with van der Waals surface area (Å²) < 4.78 is 6.20. The number of hydrogen-bond donors (Lipinski definition) is 3. The highest BCUT2D eigenvalue weighted by molar-refractivity contribution is 6.32. The Balaban J connectivity index is 1.39. The number of aromatic hydroxyl groups is 1. The number of carbonyl (C=O) groups excluding carboxylic acids is 5. The molecule has 1 aromatic carbocycles. The first kappa shape index (κ1) is 28.4. The first-order valence-corrected chi connectivity index (χ1v) is 14.5. The van der Waals surface area contributed by atoms with Crippen molar-refractivity contribution >= 4 is 29.0 Å². The SMILES string of the molecule is CN(C)[C@@H]1C(=O)C(C(N)=O)C(=O)[C@@]2(O)C(=O)C3C(=O)c4c(O)ccc(-c5ccc(CN6CCCCC6)o5)c4C[C@H]3C[C@@H]12.